The van der Waals surface area contributed by atoms with Gasteiger partial charge >= 0.3 is 0 Å². The second kappa shape index (κ2) is 4.81. The van der Waals surface area contributed by atoms with Crippen LogP contribution in [0.1, 0.15) is 5.56 Å². The number of carbonyl (C=O) groups is 1. The highest BCUT2D eigenvalue weighted by Crippen LogP contribution is 2.16. The second-order valence-corrected chi connectivity index (χ2v) is 4.70. The van der Waals surface area contributed by atoms with Crippen molar-refractivity contribution < 1.29 is 9.53 Å². The van der Waals surface area contributed by atoms with Crippen LogP contribution in [0.2, 0.25) is 0 Å². The third kappa shape index (κ3) is 2.16. The number of methoxy groups -OCH3 is 1. The Morgan fingerprint density at radius 3 is 2.60 bits per heavy atom. The van der Waals surface area contributed by atoms with E-state index in [2.05, 4.69) is 4.99 Å². The van der Waals surface area contributed by atoms with E-state index in [4.69, 9.17) is 10.5 Å². The molecule has 0 radical (unpaired) electrons. The molecule has 0 spiro atoms. The van der Waals surface area contributed by atoms with Crippen LogP contribution in [0.5, 0.6) is 5.75 Å². The van der Waals surface area contributed by atoms with Crippen molar-refractivity contribution in [2.75, 3.05) is 12.8 Å². The molecule has 0 atom stereocenters. The monoisotopic (exact) mass is 266 g/mol. The standard InChI is InChI=1S/C16H14N2O2/c1-20-12-5-2-10(3-6-12)8-14-13-9-11(17)4-7-15(13)18-16(14)19/h2-7,9H,8,17H2,1H3. The molecule has 100 valence electrons. The smallest absolute Gasteiger partial charge is 0.274 e. The topological polar surface area (TPSA) is 64.7 Å². The van der Waals surface area contributed by atoms with Crippen LogP contribution in [0, 0.1) is 0 Å². The van der Waals surface area contributed by atoms with E-state index in [-0.39, 0.29) is 5.91 Å². The van der Waals surface area contributed by atoms with Gasteiger partial charge in [0.25, 0.3) is 5.91 Å². The first-order valence-electron chi connectivity index (χ1n) is 6.32. The molecular formula is C16H14N2O2. The summed E-state index contributed by atoms with van der Waals surface area (Å²) in [6.07, 6.45) is 0.544. The average molecular weight is 266 g/mol. The fourth-order valence-corrected chi connectivity index (χ4v) is 2.30. The van der Waals surface area contributed by atoms with Crippen LogP contribution in [-0.2, 0) is 11.2 Å². The lowest BCUT2D eigenvalue weighted by Crippen LogP contribution is -2.23. The number of nitrogens with zero attached hydrogens (tertiary/aromatic N) is 1. The number of rotatable bonds is 3. The lowest BCUT2D eigenvalue weighted by atomic mass is 10.0. The number of nitrogen functional groups attached to an aromatic ring is 1. The third-order valence-electron chi connectivity index (χ3n) is 3.37. The van der Waals surface area contributed by atoms with Gasteiger partial charge in [0.15, 0.2) is 0 Å². The van der Waals surface area contributed by atoms with E-state index in [0.29, 0.717) is 23.0 Å². The van der Waals surface area contributed by atoms with Crippen molar-refractivity contribution in [3.63, 3.8) is 0 Å². The molecule has 1 aliphatic heterocycles. The molecule has 4 nitrogen and oxygen atoms in total. The predicted octanol–water partition coefficient (Wildman–Crippen LogP) is 0.831. The number of hydrogen-bond acceptors (Lipinski definition) is 3. The zero-order valence-corrected chi connectivity index (χ0v) is 11.1. The van der Waals surface area contributed by atoms with E-state index in [9.17, 15) is 4.79 Å². The number of ether oxygens (including phenoxy) is 1. The van der Waals surface area contributed by atoms with Gasteiger partial charge < -0.3 is 10.5 Å². The number of amides is 1. The Morgan fingerprint density at radius 2 is 1.90 bits per heavy atom. The third-order valence-corrected chi connectivity index (χ3v) is 3.37. The van der Waals surface area contributed by atoms with Gasteiger partial charge in [-0.15, -0.1) is 0 Å². The predicted molar refractivity (Wildman–Crippen MR) is 76.7 cm³/mol. The summed E-state index contributed by atoms with van der Waals surface area (Å²) in [5.74, 6) is 0.618. The van der Waals surface area contributed by atoms with Gasteiger partial charge in [0, 0.05) is 22.9 Å². The maximum Gasteiger partial charge on any atom is 0.274 e. The number of hydrogen-bond donors (Lipinski definition) is 1. The first kappa shape index (κ1) is 12.4. The van der Waals surface area contributed by atoms with Crippen molar-refractivity contribution in [2.45, 2.75) is 6.42 Å². The summed E-state index contributed by atoms with van der Waals surface area (Å²) in [6, 6.07) is 13.0. The Morgan fingerprint density at radius 1 is 1.15 bits per heavy atom. The normalized spacial score (nSPS) is 13.1. The minimum atomic E-state index is -0.179. The fraction of sp³-hybridized carbons (Fsp3) is 0.125. The first-order chi connectivity index (χ1) is 9.67. The van der Waals surface area contributed by atoms with Gasteiger partial charge in [0.1, 0.15) is 5.75 Å². The lowest BCUT2D eigenvalue weighted by Gasteiger charge is -2.03. The molecule has 0 aliphatic carbocycles. The molecule has 0 unspecified atom stereocenters. The summed E-state index contributed by atoms with van der Waals surface area (Å²) < 4.78 is 5.12. The van der Waals surface area contributed by atoms with Crippen molar-refractivity contribution >= 4 is 17.2 Å². The van der Waals surface area contributed by atoms with Gasteiger partial charge in [-0.3, -0.25) is 4.79 Å². The largest absolute Gasteiger partial charge is 0.497 e. The molecule has 2 aromatic carbocycles. The Balaban J connectivity index is 2.03. The van der Waals surface area contributed by atoms with Crippen LogP contribution in [0.3, 0.4) is 0 Å². The van der Waals surface area contributed by atoms with E-state index >= 15 is 0 Å². The fourth-order valence-electron chi connectivity index (χ4n) is 2.30. The van der Waals surface area contributed by atoms with Crippen LogP contribution in [0.15, 0.2) is 47.5 Å². The summed E-state index contributed by atoms with van der Waals surface area (Å²) >= 11 is 0. The quantitative estimate of drug-likeness (QED) is 0.837. The number of benzene rings is 2. The van der Waals surface area contributed by atoms with Crippen molar-refractivity contribution in [3.8, 4) is 5.75 Å². The zero-order valence-electron chi connectivity index (χ0n) is 11.1. The molecule has 0 saturated heterocycles. The van der Waals surface area contributed by atoms with Gasteiger partial charge in [-0.05, 0) is 35.9 Å². The first-order valence-corrected chi connectivity index (χ1v) is 6.32. The van der Waals surface area contributed by atoms with Crippen LogP contribution >= 0.6 is 0 Å². The summed E-state index contributed by atoms with van der Waals surface area (Å²) in [5, 5.41) is 1.54. The average Bonchev–Trinajstić information content (AvgIpc) is 2.76. The van der Waals surface area contributed by atoms with Crippen molar-refractivity contribution in [1.82, 2.24) is 0 Å². The van der Waals surface area contributed by atoms with Crippen molar-refractivity contribution in [3.05, 3.63) is 58.6 Å². The number of fused-ring (bicyclic) bond motifs is 1. The Labute approximate surface area is 116 Å². The van der Waals surface area contributed by atoms with E-state index in [1.165, 1.54) is 0 Å². The number of anilines is 1. The molecule has 20 heavy (non-hydrogen) atoms. The maximum atomic E-state index is 12.0. The molecule has 4 heteroatoms. The molecule has 0 bridgehead atoms. The highest BCUT2D eigenvalue weighted by Gasteiger charge is 2.16. The second-order valence-electron chi connectivity index (χ2n) is 4.70. The van der Waals surface area contributed by atoms with Gasteiger partial charge in [-0.1, -0.05) is 12.1 Å². The molecular weight excluding hydrogens is 252 g/mol. The highest BCUT2D eigenvalue weighted by atomic mass is 16.5. The van der Waals surface area contributed by atoms with Crippen LogP contribution in [-0.4, -0.2) is 13.0 Å². The maximum absolute atomic E-state index is 12.0. The van der Waals surface area contributed by atoms with Crippen molar-refractivity contribution in [1.29, 1.82) is 0 Å². The van der Waals surface area contributed by atoms with Gasteiger partial charge in [-0.2, -0.15) is 0 Å². The summed E-state index contributed by atoms with van der Waals surface area (Å²) in [7, 11) is 1.63. The molecule has 2 aromatic rings. The Bertz CT molecular complexity index is 792. The van der Waals surface area contributed by atoms with Crippen LogP contribution in [0.25, 0.3) is 5.57 Å². The Kier molecular flexibility index (Phi) is 2.99. The highest BCUT2D eigenvalue weighted by molar-refractivity contribution is 6.15. The summed E-state index contributed by atoms with van der Waals surface area (Å²) in [4.78, 5) is 16.0. The Hall–Kier alpha value is -2.62. The molecule has 3 rings (SSSR count). The summed E-state index contributed by atoms with van der Waals surface area (Å²) in [5.41, 5.74) is 8.16. The molecule has 0 fully saturated rings. The molecule has 2 N–H and O–H groups in total. The number of carbonyl (C=O) groups excluding carboxylic acids is 1. The van der Waals surface area contributed by atoms with Gasteiger partial charge in [0.2, 0.25) is 0 Å². The van der Waals surface area contributed by atoms with E-state index < -0.39 is 0 Å². The summed E-state index contributed by atoms with van der Waals surface area (Å²) in [6.45, 7) is 0. The van der Waals surface area contributed by atoms with Crippen molar-refractivity contribution in [2.24, 2.45) is 4.99 Å². The van der Waals surface area contributed by atoms with E-state index in [0.717, 1.165) is 16.5 Å². The molecule has 0 aromatic heterocycles. The molecule has 1 aliphatic rings. The van der Waals surface area contributed by atoms with Gasteiger partial charge in [-0.25, -0.2) is 4.99 Å². The van der Waals surface area contributed by atoms with E-state index in [1.54, 1.807) is 19.2 Å². The number of nitrogens with two attached hydrogens (primary N) is 1. The van der Waals surface area contributed by atoms with E-state index in [1.807, 2.05) is 30.3 Å². The SMILES string of the molecule is COc1ccc(CC2=c3cc(N)ccc3=NC2=O)cc1. The van der Waals surface area contributed by atoms with Crippen LogP contribution < -0.4 is 21.0 Å². The zero-order chi connectivity index (χ0) is 14.1. The minimum Gasteiger partial charge on any atom is -0.497 e. The molecule has 0 saturated carbocycles. The molecule has 1 heterocycles. The minimum absolute atomic E-state index is 0.179. The lowest BCUT2D eigenvalue weighted by molar-refractivity contribution is -0.112. The van der Waals surface area contributed by atoms with Crippen LogP contribution in [0.4, 0.5) is 5.69 Å². The molecule has 1 amide bonds. The van der Waals surface area contributed by atoms with Gasteiger partial charge in [0.05, 0.1) is 12.5 Å².